The minimum atomic E-state index is -0.918. The van der Waals surface area contributed by atoms with E-state index in [2.05, 4.69) is 19.2 Å². The first kappa shape index (κ1) is 15.0. The van der Waals surface area contributed by atoms with Gasteiger partial charge in [-0.15, -0.1) is 0 Å². The average Bonchev–Trinajstić information content (AvgIpc) is 2.67. The first-order chi connectivity index (χ1) is 8.45. The van der Waals surface area contributed by atoms with E-state index >= 15 is 0 Å². The van der Waals surface area contributed by atoms with Crippen molar-refractivity contribution in [3.63, 3.8) is 0 Å². The van der Waals surface area contributed by atoms with Crippen LogP contribution in [0.15, 0.2) is 0 Å². The van der Waals surface area contributed by atoms with Gasteiger partial charge in [-0.25, -0.2) is 0 Å². The lowest BCUT2D eigenvalue weighted by Gasteiger charge is -2.22. The molecule has 0 aromatic rings. The Labute approximate surface area is 108 Å². The van der Waals surface area contributed by atoms with Gasteiger partial charge in [0.15, 0.2) is 0 Å². The van der Waals surface area contributed by atoms with Crippen LogP contribution in [0.4, 0.5) is 0 Å². The number of carbonyl (C=O) groups excluding carboxylic acids is 1. The molecular formula is C13H24N2O3. The summed E-state index contributed by atoms with van der Waals surface area (Å²) < 4.78 is 0. The number of carbonyl (C=O) groups is 2. The third kappa shape index (κ3) is 3.98. The number of hydrogen-bond acceptors (Lipinski definition) is 3. The largest absolute Gasteiger partial charge is 0.481 e. The van der Waals surface area contributed by atoms with E-state index in [0.717, 1.165) is 19.3 Å². The van der Waals surface area contributed by atoms with Gasteiger partial charge in [-0.3, -0.25) is 9.59 Å². The van der Waals surface area contributed by atoms with Crippen LogP contribution in [0.3, 0.4) is 0 Å². The zero-order valence-corrected chi connectivity index (χ0v) is 11.2. The van der Waals surface area contributed by atoms with Crippen LogP contribution in [0.2, 0.25) is 0 Å². The molecule has 5 nitrogen and oxygen atoms in total. The van der Waals surface area contributed by atoms with Crippen LogP contribution in [0.5, 0.6) is 0 Å². The van der Waals surface area contributed by atoms with Gasteiger partial charge in [0.05, 0.1) is 6.04 Å². The van der Waals surface area contributed by atoms with E-state index in [1.54, 1.807) is 0 Å². The number of hydrogen-bond donors (Lipinski definition) is 3. The summed E-state index contributed by atoms with van der Waals surface area (Å²) in [5.41, 5.74) is 5.68. The minimum Gasteiger partial charge on any atom is -0.481 e. The Morgan fingerprint density at radius 1 is 1.44 bits per heavy atom. The summed E-state index contributed by atoms with van der Waals surface area (Å²) in [6, 6.07) is -0.521. The summed E-state index contributed by atoms with van der Waals surface area (Å²) in [7, 11) is 0. The molecule has 4 atom stereocenters. The van der Waals surface area contributed by atoms with Gasteiger partial charge in [-0.05, 0) is 31.1 Å². The lowest BCUT2D eigenvalue weighted by molar-refractivity contribution is -0.137. The van der Waals surface area contributed by atoms with E-state index in [0.29, 0.717) is 11.8 Å². The SMILES string of the molecule is CCC1CCC(NC(=O)C(N)CCC(=O)O)C1C. The van der Waals surface area contributed by atoms with Crippen molar-refractivity contribution in [3.05, 3.63) is 0 Å². The Balaban J connectivity index is 2.38. The number of rotatable bonds is 6. The van der Waals surface area contributed by atoms with Crippen molar-refractivity contribution in [2.75, 3.05) is 0 Å². The minimum absolute atomic E-state index is 0.0631. The number of nitrogens with two attached hydrogens (primary N) is 1. The Hall–Kier alpha value is -1.10. The third-order valence-corrected chi connectivity index (χ3v) is 4.08. The van der Waals surface area contributed by atoms with Crippen molar-refractivity contribution < 1.29 is 14.7 Å². The summed E-state index contributed by atoms with van der Waals surface area (Å²) in [4.78, 5) is 22.2. The highest BCUT2D eigenvalue weighted by atomic mass is 16.4. The summed E-state index contributed by atoms with van der Waals surface area (Å²) in [5.74, 6) is 0.0135. The molecule has 18 heavy (non-hydrogen) atoms. The van der Waals surface area contributed by atoms with Crippen LogP contribution in [-0.2, 0) is 9.59 Å². The van der Waals surface area contributed by atoms with E-state index in [9.17, 15) is 9.59 Å². The Morgan fingerprint density at radius 3 is 2.61 bits per heavy atom. The molecule has 0 aromatic carbocycles. The fraction of sp³-hybridized carbons (Fsp3) is 0.846. The van der Waals surface area contributed by atoms with Gasteiger partial charge >= 0.3 is 5.97 Å². The summed E-state index contributed by atoms with van der Waals surface area (Å²) in [5, 5.41) is 11.5. The molecule has 1 rings (SSSR count). The van der Waals surface area contributed by atoms with Gasteiger partial charge in [0.1, 0.15) is 0 Å². The van der Waals surface area contributed by atoms with Gasteiger partial charge in [0, 0.05) is 12.5 Å². The Bertz CT molecular complexity index is 307. The van der Waals surface area contributed by atoms with Crippen molar-refractivity contribution in [1.29, 1.82) is 0 Å². The van der Waals surface area contributed by atoms with Crippen molar-refractivity contribution in [2.45, 2.75) is 58.0 Å². The Kier molecular flexibility index (Phi) is 5.59. The maximum Gasteiger partial charge on any atom is 0.303 e. The van der Waals surface area contributed by atoms with E-state index < -0.39 is 12.0 Å². The van der Waals surface area contributed by atoms with Gasteiger partial charge in [0.2, 0.25) is 5.91 Å². The van der Waals surface area contributed by atoms with Gasteiger partial charge in [-0.2, -0.15) is 0 Å². The van der Waals surface area contributed by atoms with Crippen molar-refractivity contribution in [3.8, 4) is 0 Å². The normalized spacial score (nSPS) is 28.9. The van der Waals surface area contributed by atoms with E-state index in [1.165, 1.54) is 0 Å². The lowest BCUT2D eigenvalue weighted by atomic mass is 9.93. The maximum absolute atomic E-state index is 11.8. The lowest BCUT2D eigenvalue weighted by Crippen LogP contribution is -2.46. The van der Waals surface area contributed by atoms with Gasteiger partial charge in [0.25, 0.3) is 0 Å². The third-order valence-electron chi connectivity index (χ3n) is 4.08. The fourth-order valence-electron chi connectivity index (χ4n) is 2.73. The smallest absolute Gasteiger partial charge is 0.303 e. The van der Waals surface area contributed by atoms with Crippen molar-refractivity contribution >= 4 is 11.9 Å². The molecule has 1 saturated carbocycles. The topological polar surface area (TPSA) is 92.4 Å². The highest BCUT2D eigenvalue weighted by Crippen LogP contribution is 2.33. The zero-order valence-electron chi connectivity index (χ0n) is 11.2. The van der Waals surface area contributed by atoms with Crippen LogP contribution >= 0.6 is 0 Å². The molecule has 104 valence electrons. The highest BCUT2D eigenvalue weighted by molar-refractivity contribution is 5.82. The molecule has 0 aromatic heterocycles. The second-order valence-electron chi connectivity index (χ2n) is 5.26. The first-order valence-electron chi connectivity index (χ1n) is 6.73. The number of carboxylic acids is 1. The second-order valence-corrected chi connectivity index (χ2v) is 5.26. The van der Waals surface area contributed by atoms with E-state index in [-0.39, 0.29) is 24.8 Å². The molecule has 0 aliphatic heterocycles. The molecule has 0 bridgehead atoms. The van der Waals surface area contributed by atoms with Gasteiger partial charge < -0.3 is 16.2 Å². The molecule has 1 amide bonds. The molecule has 1 aliphatic rings. The van der Waals surface area contributed by atoms with Crippen LogP contribution in [0.25, 0.3) is 0 Å². The molecule has 0 radical (unpaired) electrons. The number of aliphatic carboxylic acids is 1. The molecule has 0 saturated heterocycles. The maximum atomic E-state index is 11.8. The van der Waals surface area contributed by atoms with Crippen LogP contribution in [0.1, 0.15) is 46.0 Å². The van der Waals surface area contributed by atoms with Crippen LogP contribution < -0.4 is 11.1 Å². The molecule has 5 heteroatoms. The predicted octanol–water partition coefficient (Wildman–Crippen LogP) is 1.12. The van der Waals surface area contributed by atoms with Gasteiger partial charge in [-0.1, -0.05) is 20.3 Å². The summed E-state index contributed by atoms with van der Waals surface area (Å²) in [6.07, 6.45) is 3.41. The number of nitrogens with one attached hydrogen (secondary N) is 1. The second kappa shape index (κ2) is 6.73. The standard InChI is InChI=1S/C13H24N2O3/c1-3-9-4-6-11(8(9)2)15-13(18)10(14)5-7-12(16)17/h8-11H,3-7,14H2,1-2H3,(H,15,18)(H,16,17). The molecule has 4 unspecified atom stereocenters. The molecule has 0 heterocycles. The van der Waals surface area contributed by atoms with E-state index in [1.807, 2.05) is 0 Å². The van der Waals surface area contributed by atoms with Crippen molar-refractivity contribution in [2.24, 2.45) is 17.6 Å². The van der Waals surface area contributed by atoms with Crippen LogP contribution in [-0.4, -0.2) is 29.1 Å². The zero-order chi connectivity index (χ0) is 13.7. The molecular weight excluding hydrogens is 232 g/mol. The quantitative estimate of drug-likeness (QED) is 0.664. The number of amides is 1. The Morgan fingerprint density at radius 2 is 2.11 bits per heavy atom. The molecule has 1 aliphatic carbocycles. The summed E-state index contributed by atoms with van der Waals surface area (Å²) >= 11 is 0. The summed E-state index contributed by atoms with van der Waals surface area (Å²) in [6.45, 7) is 4.33. The average molecular weight is 256 g/mol. The first-order valence-corrected chi connectivity index (χ1v) is 6.73. The molecule has 4 N–H and O–H groups in total. The fourth-order valence-corrected chi connectivity index (χ4v) is 2.73. The highest BCUT2D eigenvalue weighted by Gasteiger charge is 2.33. The molecule has 1 fully saturated rings. The van der Waals surface area contributed by atoms with Crippen molar-refractivity contribution in [1.82, 2.24) is 5.32 Å². The monoisotopic (exact) mass is 256 g/mol. The number of carboxylic acid groups (broad SMARTS) is 1. The predicted molar refractivity (Wildman–Crippen MR) is 69.0 cm³/mol. The van der Waals surface area contributed by atoms with Crippen LogP contribution in [0, 0.1) is 11.8 Å². The molecule has 0 spiro atoms. The van der Waals surface area contributed by atoms with E-state index in [4.69, 9.17) is 10.8 Å².